The third kappa shape index (κ3) is 4.60. The van der Waals surface area contributed by atoms with Crippen molar-refractivity contribution in [3.05, 3.63) is 97.3 Å². The number of unbranched alkanes of at least 4 members (excludes halogenated alkanes) is 2. The van der Waals surface area contributed by atoms with Crippen molar-refractivity contribution in [1.29, 1.82) is 0 Å². The second-order valence-electron chi connectivity index (χ2n) is 9.63. The van der Waals surface area contributed by atoms with Crippen LogP contribution in [-0.4, -0.2) is 19.6 Å². The third-order valence-electron chi connectivity index (χ3n) is 7.11. The van der Waals surface area contributed by atoms with Crippen LogP contribution < -0.4 is 19.8 Å². The molecular weight excluding hydrogens is 546 g/mol. The van der Waals surface area contributed by atoms with Gasteiger partial charge >= 0.3 is 0 Å². The van der Waals surface area contributed by atoms with Crippen molar-refractivity contribution in [2.24, 2.45) is 0 Å². The van der Waals surface area contributed by atoms with Crippen molar-refractivity contribution in [2.45, 2.75) is 46.1 Å². The zero-order chi connectivity index (χ0) is 27.0. The molecule has 1 unspecified atom stereocenters. The van der Waals surface area contributed by atoms with Gasteiger partial charge < -0.3 is 13.9 Å². The summed E-state index contributed by atoms with van der Waals surface area (Å²) in [5.41, 5.74) is 4.05. The van der Waals surface area contributed by atoms with Gasteiger partial charge in [0.25, 0.3) is 5.91 Å². The van der Waals surface area contributed by atoms with E-state index < -0.39 is 6.04 Å². The van der Waals surface area contributed by atoms with E-state index in [1.54, 1.807) is 30.2 Å². The molecule has 1 aliphatic rings. The lowest BCUT2D eigenvalue weighted by molar-refractivity contribution is 0.0971. The molecule has 7 heteroatoms. The summed E-state index contributed by atoms with van der Waals surface area (Å²) in [5.74, 6) is 0.887. The molecule has 1 aromatic heterocycles. The van der Waals surface area contributed by atoms with Gasteiger partial charge in [0, 0.05) is 10.2 Å². The van der Waals surface area contributed by atoms with Gasteiger partial charge in [-0.2, -0.15) is 0 Å². The first-order valence-electron chi connectivity index (χ1n) is 12.8. The lowest BCUT2D eigenvalue weighted by Crippen LogP contribution is -2.29. The molecule has 196 valence electrons. The van der Waals surface area contributed by atoms with E-state index in [2.05, 4.69) is 22.9 Å². The Morgan fingerprint density at radius 2 is 1.76 bits per heavy atom. The van der Waals surface area contributed by atoms with Gasteiger partial charge in [-0.25, -0.2) is 0 Å². The number of benzene rings is 3. The number of ether oxygens (including phenoxy) is 2. The van der Waals surface area contributed by atoms with E-state index in [9.17, 15) is 9.59 Å². The number of hydrogen-bond donors (Lipinski definition) is 0. The number of halogens is 1. The first-order valence-corrected chi connectivity index (χ1v) is 13.6. The predicted octanol–water partition coefficient (Wildman–Crippen LogP) is 7.50. The van der Waals surface area contributed by atoms with Crippen LogP contribution in [0.2, 0.25) is 0 Å². The molecule has 1 aliphatic heterocycles. The molecule has 0 radical (unpaired) electrons. The first kappa shape index (κ1) is 26.0. The Morgan fingerprint density at radius 1 is 0.947 bits per heavy atom. The molecule has 0 saturated carbocycles. The fourth-order valence-corrected chi connectivity index (χ4v) is 5.27. The summed E-state index contributed by atoms with van der Waals surface area (Å²) >= 11 is 3.45. The van der Waals surface area contributed by atoms with E-state index in [4.69, 9.17) is 13.9 Å². The number of nitrogens with zero attached hydrogens (tertiary/aromatic N) is 1. The molecule has 2 heterocycles. The molecule has 0 N–H and O–H groups in total. The second kappa shape index (κ2) is 10.7. The number of carbonyl (C=O) groups is 1. The van der Waals surface area contributed by atoms with Crippen molar-refractivity contribution in [1.82, 2.24) is 0 Å². The topological polar surface area (TPSA) is 69.0 Å². The van der Waals surface area contributed by atoms with Crippen molar-refractivity contribution in [2.75, 3.05) is 18.6 Å². The minimum Gasteiger partial charge on any atom is -0.493 e. The van der Waals surface area contributed by atoms with Gasteiger partial charge in [-0.05, 0) is 79.4 Å². The molecule has 5 rings (SSSR count). The van der Waals surface area contributed by atoms with E-state index in [0.717, 1.165) is 40.4 Å². The van der Waals surface area contributed by atoms with E-state index in [-0.39, 0.29) is 17.1 Å². The Hall–Kier alpha value is -3.58. The summed E-state index contributed by atoms with van der Waals surface area (Å²) in [5, 5.41) is 0.417. The van der Waals surface area contributed by atoms with Crippen LogP contribution in [0, 0.1) is 13.8 Å². The Labute approximate surface area is 230 Å². The average molecular weight is 576 g/mol. The molecule has 6 nitrogen and oxygen atoms in total. The monoisotopic (exact) mass is 575 g/mol. The summed E-state index contributed by atoms with van der Waals surface area (Å²) in [6.07, 6.45) is 3.15. The van der Waals surface area contributed by atoms with Gasteiger partial charge in [-0.15, -0.1) is 0 Å². The smallest absolute Gasteiger partial charge is 0.295 e. The van der Waals surface area contributed by atoms with Crippen molar-refractivity contribution >= 4 is 38.5 Å². The molecule has 38 heavy (non-hydrogen) atoms. The van der Waals surface area contributed by atoms with Crippen molar-refractivity contribution in [3.8, 4) is 11.5 Å². The number of hydrogen-bond acceptors (Lipinski definition) is 5. The predicted molar refractivity (Wildman–Crippen MR) is 153 cm³/mol. The number of methoxy groups -OCH3 is 1. The Morgan fingerprint density at radius 3 is 2.50 bits per heavy atom. The van der Waals surface area contributed by atoms with E-state index >= 15 is 0 Å². The molecule has 0 spiro atoms. The van der Waals surface area contributed by atoms with Gasteiger partial charge in [0.15, 0.2) is 16.9 Å². The normalized spacial score (nSPS) is 14.7. The van der Waals surface area contributed by atoms with E-state index in [1.807, 2.05) is 50.2 Å². The van der Waals surface area contributed by atoms with Crippen molar-refractivity contribution in [3.63, 3.8) is 0 Å². The van der Waals surface area contributed by atoms with E-state index in [1.165, 1.54) is 0 Å². The molecule has 0 fully saturated rings. The average Bonchev–Trinajstić information content (AvgIpc) is 3.21. The lowest BCUT2D eigenvalue weighted by atomic mass is 9.97. The third-order valence-corrected chi connectivity index (χ3v) is 7.60. The van der Waals surface area contributed by atoms with Crippen LogP contribution in [0.25, 0.3) is 11.0 Å². The number of aryl methyl sites for hydroxylation is 2. The van der Waals surface area contributed by atoms with Crippen LogP contribution in [0.3, 0.4) is 0 Å². The summed E-state index contributed by atoms with van der Waals surface area (Å²) in [4.78, 5) is 29.4. The van der Waals surface area contributed by atoms with Crippen LogP contribution in [0.5, 0.6) is 11.5 Å². The van der Waals surface area contributed by atoms with Gasteiger partial charge in [0.05, 0.1) is 30.7 Å². The van der Waals surface area contributed by atoms with Crippen LogP contribution in [0.15, 0.2) is 68.3 Å². The van der Waals surface area contributed by atoms with Gasteiger partial charge in [-0.3, -0.25) is 14.5 Å². The fraction of sp³-hybridized carbons (Fsp3) is 0.290. The maximum Gasteiger partial charge on any atom is 0.295 e. The standard InChI is InChI=1S/C31H30BrNO5/c1-5-6-7-14-37-25-12-9-20(16-26(25)36-4)28-27-29(34)23-17-21(32)10-13-24(23)38-30(27)31(35)33(28)22-11-8-18(2)19(3)15-22/h8-13,15-17,28H,5-7,14H2,1-4H3. The SMILES string of the molecule is CCCCCOc1ccc(C2c3c(oc4ccc(Br)cc4c3=O)C(=O)N2c2ccc(C)c(C)c2)cc1OC. The highest BCUT2D eigenvalue weighted by atomic mass is 79.9. The molecule has 1 amide bonds. The summed E-state index contributed by atoms with van der Waals surface area (Å²) in [6, 6.07) is 16.0. The summed E-state index contributed by atoms with van der Waals surface area (Å²) in [7, 11) is 1.59. The van der Waals surface area contributed by atoms with Gasteiger partial charge in [-0.1, -0.05) is 47.8 Å². The Bertz CT molecular complexity index is 1590. The molecule has 3 aromatic carbocycles. The van der Waals surface area contributed by atoms with Gasteiger partial charge in [0.1, 0.15) is 5.58 Å². The number of carbonyl (C=O) groups excluding carboxylic acids is 1. The van der Waals surface area contributed by atoms with Crippen molar-refractivity contribution < 1.29 is 18.7 Å². The minimum absolute atomic E-state index is 0.0620. The molecule has 0 saturated heterocycles. The number of amides is 1. The van der Waals surface area contributed by atoms with Crippen LogP contribution >= 0.6 is 15.9 Å². The number of fused-ring (bicyclic) bond motifs is 2. The fourth-order valence-electron chi connectivity index (χ4n) is 4.91. The quantitative estimate of drug-likeness (QED) is 0.203. The zero-order valence-electron chi connectivity index (χ0n) is 22.0. The maximum absolute atomic E-state index is 13.9. The highest BCUT2D eigenvalue weighted by Crippen LogP contribution is 2.43. The summed E-state index contributed by atoms with van der Waals surface area (Å²) in [6.45, 7) is 6.77. The maximum atomic E-state index is 13.9. The van der Waals surface area contributed by atoms with Crippen LogP contribution in [0.1, 0.15) is 65.0 Å². The lowest BCUT2D eigenvalue weighted by Gasteiger charge is -2.26. The van der Waals surface area contributed by atoms with Gasteiger partial charge in [0.2, 0.25) is 5.76 Å². The zero-order valence-corrected chi connectivity index (χ0v) is 23.6. The van der Waals surface area contributed by atoms with Crippen LogP contribution in [-0.2, 0) is 0 Å². The molecule has 0 bridgehead atoms. The molecule has 4 aromatic rings. The summed E-state index contributed by atoms with van der Waals surface area (Å²) < 4.78 is 18.5. The minimum atomic E-state index is -0.692. The van der Waals surface area contributed by atoms with E-state index in [0.29, 0.717) is 40.3 Å². The number of rotatable bonds is 8. The molecular formula is C31H30BrNO5. The Balaban J connectivity index is 1.69. The van der Waals surface area contributed by atoms with Crippen LogP contribution in [0.4, 0.5) is 5.69 Å². The number of anilines is 1. The molecule has 1 atom stereocenters. The second-order valence-corrected chi connectivity index (χ2v) is 10.5. The molecule has 0 aliphatic carbocycles. The first-order chi connectivity index (χ1) is 18.3. The highest BCUT2D eigenvalue weighted by Gasteiger charge is 2.44. The largest absolute Gasteiger partial charge is 0.493 e. The Kier molecular flexibility index (Phi) is 7.30. The highest BCUT2D eigenvalue weighted by molar-refractivity contribution is 9.10.